The van der Waals surface area contributed by atoms with Gasteiger partial charge in [0.05, 0.1) is 22.5 Å². The lowest BCUT2D eigenvalue weighted by Gasteiger charge is -2.24. The molecule has 0 spiro atoms. The Morgan fingerprint density at radius 2 is 1.48 bits per heavy atom. The molecule has 3 aromatic rings. The van der Waals surface area contributed by atoms with Gasteiger partial charge < -0.3 is 0 Å². The van der Waals surface area contributed by atoms with Gasteiger partial charge in [0.2, 0.25) is 0 Å². The van der Waals surface area contributed by atoms with Crippen molar-refractivity contribution in [1.82, 2.24) is 0 Å². The van der Waals surface area contributed by atoms with Crippen LogP contribution in [-0.4, -0.2) is 5.71 Å². The van der Waals surface area contributed by atoms with Crippen LogP contribution in [0.15, 0.2) is 84.0 Å². The summed E-state index contributed by atoms with van der Waals surface area (Å²) < 4.78 is 0. The zero-order valence-electron chi connectivity index (χ0n) is 13.4. The molecule has 0 radical (unpaired) electrons. The maximum atomic E-state index is 6.44. The molecule has 0 saturated carbocycles. The van der Waals surface area contributed by atoms with Crippen LogP contribution in [0, 0.1) is 0 Å². The molecule has 0 unspecified atom stereocenters. The summed E-state index contributed by atoms with van der Waals surface area (Å²) >= 11 is 12.5. The van der Waals surface area contributed by atoms with Gasteiger partial charge in [0.25, 0.3) is 0 Å². The van der Waals surface area contributed by atoms with Crippen molar-refractivity contribution in [2.24, 2.45) is 5.10 Å². The Morgan fingerprint density at radius 1 is 0.800 bits per heavy atom. The topological polar surface area (TPSA) is 15.6 Å². The zero-order valence-corrected chi connectivity index (χ0v) is 15.0. The predicted molar refractivity (Wildman–Crippen MR) is 106 cm³/mol. The van der Waals surface area contributed by atoms with Gasteiger partial charge in [-0.1, -0.05) is 77.8 Å². The highest BCUT2D eigenvalue weighted by Gasteiger charge is 2.30. The molecule has 4 heteroatoms. The summed E-state index contributed by atoms with van der Waals surface area (Å²) in [6, 6.07) is 26.2. The number of hydrogen-bond acceptors (Lipinski definition) is 2. The molecule has 0 aliphatic carbocycles. The van der Waals surface area contributed by atoms with Gasteiger partial charge in [-0.15, -0.1) is 0 Å². The minimum atomic E-state index is 0.117. The van der Waals surface area contributed by atoms with Crippen molar-refractivity contribution in [3.8, 4) is 0 Å². The van der Waals surface area contributed by atoms with E-state index in [1.54, 1.807) is 0 Å². The molecule has 25 heavy (non-hydrogen) atoms. The molecule has 1 aliphatic rings. The van der Waals surface area contributed by atoms with Gasteiger partial charge in [-0.3, -0.25) is 5.01 Å². The molecule has 0 N–H and O–H groups in total. The van der Waals surface area contributed by atoms with Crippen LogP contribution in [-0.2, 0) is 0 Å². The van der Waals surface area contributed by atoms with Crippen LogP contribution in [0.5, 0.6) is 0 Å². The van der Waals surface area contributed by atoms with Crippen LogP contribution in [0.4, 0.5) is 5.69 Å². The van der Waals surface area contributed by atoms with E-state index in [0.717, 1.165) is 28.4 Å². The highest BCUT2D eigenvalue weighted by molar-refractivity contribution is 6.33. The van der Waals surface area contributed by atoms with E-state index >= 15 is 0 Å². The molecule has 0 fully saturated rings. The summed E-state index contributed by atoms with van der Waals surface area (Å²) in [6.07, 6.45) is 0.816. The minimum absolute atomic E-state index is 0.117. The fraction of sp³-hybridized carbons (Fsp3) is 0.0952. The fourth-order valence-electron chi connectivity index (χ4n) is 3.12. The van der Waals surface area contributed by atoms with E-state index in [1.807, 2.05) is 59.6 Å². The molecule has 1 heterocycles. The van der Waals surface area contributed by atoms with Crippen LogP contribution >= 0.6 is 23.2 Å². The maximum absolute atomic E-state index is 6.44. The maximum Gasteiger partial charge on any atom is 0.0832 e. The molecule has 2 nitrogen and oxygen atoms in total. The van der Waals surface area contributed by atoms with Crippen molar-refractivity contribution in [3.63, 3.8) is 0 Å². The third kappa shape index (κ3) is 3.28. The Morgan fingerprint density at radius 3 is 2.20 bits per heavy atom. The number of anilines is 1. The Labute approximate surface area is 157 Å². The quantitative estimate of drug-likeness (QED) is 0.527. The first-order valence-corrected chi connectivity index (χ1v) is 8.90. The second-order valence-corrected chi connectivity index (χ2v) is 6.82. The molecule has 4 rings (SSSR count). The number of hydrazone groups is 1. The molecular weight excluding hydrogens is 351 g/mol. The van der Waals surface area contributed by atoms with E-state index in [1.165, 1.54) is 5.56 Å². The first kappa shape index (κ1) is 16.2. The highest BCUT2D eigenvalue weighted by atomic mass is 35.5. The molecule has 0 amide bonds. The average molecular weight is 367 g/mol. The average Bonchev–Trinajstić information content (AvgIpc) is 3.08. The van der Waals surface area contributed by atoms with E-state index in [9.17, 15) is 0 Å². The molecule has 0 aromatic heterocycles. The van der Waals surface area contributed by atoms with Crippen LogP contribution < -0.4 is 5.01 Å². The molecule has 3 aromatic carbocycles. The van der Waals surface area contributed by atoms with Gasteiger partial charge in [-0.05, 0) is 35.4 Å². The molecule has 0 saturated heterocycles. The SMILES string of the molecule is Clc1ccc(C2=NN(c3ccccc3Cl)[C@H](c3ccccc3)C2)cc1. The number of benzene rings is 3. The lowest BCUT2D eigenvalue weighted by molar-refractivity contribution is 0.709. The van der Waals surface area contributed by atoms with Crippen molar-refractivity contribution in [2.75, 3.05) is 5.01 Å². The van der Waals surface area contributed by atoms with E-state index < -0.39 is 0 Å². The summed E-state index contributed by atoms with van der Waals surface area (Å²) in [5.41, 5.74) is 4.25. The molecular formula is C21H16Cl2N2. The van der Waals surface area contributed by atoms with Crippen molar-refractivity contribution in [3.05, 3.63) is 100 Å². The monoisotopic (exact) mass is 366 g/mol. The lowest BCUT2D eigenvalue weighted by Crippen LogP contribution is -2.18. The van der Waals surface area contributed by atoms with Gasteiger partial charge in [-0.25, -0.2) is 0 Å². The lowest BCUT2D eigenvalue weighted by atomic mass is 9.98. The van der Waals surface area contributed by atoms with Crippen molar-refractivity contribution < 1.29 is 0 Å². The fourth-order valence-corrected chi connectivity index (χ4v) is 3.47. The van der Waals surface area contributed by atoms with Gasteiger partial charge in [0.1, 0.15) is 0 Å². The number of nitrogens with zero attached hydrogens (tertiary/aromatic N) is 2. The second kappa shape index (κ2) is 6.91. The number of rotatable bonds is 3. The highest BCUT2D eigenvalue weighted by Crippen LogP contribution is 2.39. The molecule has 1 atom stereocenters. The Balaban J connectivity index is 1.77. The predicted octanol–water partition coefficient (Wildman–Crippen LogP) is 6.35. The second-order valence-electron chi connectivity index (χ2n) is 5.98. The summed E-state index contributed by atoms with van der Waals surface area (Å²) in [5.74, 6) is 0. The normalized spacial score (nSPS) is 16.8. The Kier molecular flexibility index (Phi) is 4.48. The molecule has 0 bridgehead atoms. The third-order valence-corrected chi connectivity index (χ3v) is 4.94. The largest absolute Gasteiger partial charge is 0.256 e. The van der Waals surface area contributed by atoms with Crippen LogP contribution in [0.2, 0.25) is 10.0 Å². The smallest absolute Gasteiger partial charge is 0.0832 e. The van der Waals surface area contributed by atoms with Gasteiger partial charge >= 0.3 is 0 Å². The Hall–Kier alpha value is -2.29. The third-order valence-electron chi connectivity index (χ3n) is 4.37. The Bertz CT molecular complexity index is 905. The molecule has 124 valence electrons. The van der Waals surface area contributed by atoms with Crippen molar-refractivity contribution in [1.29, 1.82) is 0 Å². The van der Waals surface area contributed by atoms with Gasteiger partial charge in [0, 0.05) is 11.4 Å². The summed E-state index contributed by atoms with van der Waals surface area (Å²) in [6.45, 7) is 0. The summed E-state index contributed by atoms with van der Waals surface area (Å²) in [5, 5.41) is 8.35. The number of hydrogen-bond donors (Lipinski definition) is 0. The first-order chi connectivity index (χ1) is 12.2. The van der Waals surface area contributed by atoms with Crippen molar-refractivity contribution >= 4 is 34.6 Å². The molecule has 1 aliphatic heterocycles. The van der Waals surface area contributed by atoms with Crippen LogP contribution in [0.3, 0.4) is 0 Å². The first-order valence-electron chi connectivity index (χ1n) is 8.14. The van der Waals surface area contributed by atoms with Crippen LogP contribution in [0.25, 0.3) is 0 Å². The van der Waals surface area contributed by atoms with E-state index in [-0.39, 0.29) is 6.04 Å². The zero-order chi connectivity index (χ0) is 17.2. The van der Waals surface area contributed by atoms with Crippen LogP contribution in [0.1, 0.15) is 23.6 Å². The summed E-state index contributed by atoms with van der Waals surface area (Å²) in [4.78, 5) is 0. The van der Waals surface area contributed by atoms with Gasteiger partial charge in [-0.2, -0.15) is 5.10 Å². The number of para-hydroxylation sites is 1. The number of halogens is 2. The van der Waals surface area contributed by atoms with E-state index in [2.05, 4.69) is 24.3 Å². The van der Waals surface area contributed by atoms with Gasteiger partial charge in [0.15, 0.2) is 0 Å². The standard InChI is InChI=1S/C21H16Cl2N2/c22-17-12-10-15(11-13-17)19-14-21(16-6-2-1-3-7-16)25(24-19)20-9-5-4-8-18(20)23/h1-13,21H,14H2/t21-/m0/s1. The summed E-state index contributed by atoms with van der Waals surface area (Å²) in [7, 11) is 0. The van der Waals surface area contributed by atoms with E-state index in [4.69, 9.17) is 28.3 Å². The van der Waals surface area contributed by atoms with E-state index in [0.29, 0.717) is 5.02 Å². The minimum Gasteiger partial charge on any atom is -0.256 e. The van der Waals surface area contributed by atoms with Crippen molar-refractivity contribution in [2.45, 2.75) is 12.5 Å².